The SMILES string of the molecule is Cn1c(N2CC[C@H](Nc3cnc4cc(F)c(F)cc4n3)C2)cc(=O)n(C)c1=O. The topological polar surface area (TPSA) is 85.1 Å². The highest BCUT2D eigenvalue weighted by atomic mass is 19.2. The third-order valence-corrected chi connectivity index (χ3v) is 4.95. The molecule has 0 saturated carbocycles. The molecular weight excluding hydrogens is 370 g/mol. The fourth-order valence-electron chi connectivity index (χ4n) is 3.40. The van der Waals surface area contributed by atoms with Gasteiger partial charge in [0.1, 0.15) is 11.6 Å². The molecule has 1 fully saturated rings. The summed E-state index contributed by atoms with van der Waals surface area (Å²) in [6.07, 6.45) is 2.22. The summed E-state index contributed by atoms with van der Waals surface area (Å²) in [6.45, 7) is 1.21. The minimum absolute atomic E-state index is 0.00351. The normalized spacial score (nSPS) is 16.7. The van der Waals surface area contributed by atoms with E-state index >= 15 is 0 Å². The zero-order valence-electron chi connectivity index (χ0n) is 15.3. The number of rotatable bonds is 3. The second-order valence-electron chi connectivity index (χ2n) is 6.83. The Labute approximate surface area is 158 Å². The van der Waals surface area contributed by atoms with Crippen LogP contribution >= 0.6 is 0 Å². The van der Waals surface area contributed by atoms with Gasteiger partial charge in [0.25, 0.3) is 5.56 Å². The Kier molecular flexibility index (Phi) is 4.33. The summed E-state index contributed by atoms with van der Waals surface area (Å²) < 4.78 is 29.2. The van der Waals surface area contributed by atoms with Gasteiger partial charge in [0.15, 0.2) is 11.6 Å². The molecule has 1 aliphatic rings. The molecule has 8 nitrogen and oxygen atoms in total. The van der Waals surface area contributed by atoms with Gasteiger partial charge in [-0.05, 0) is 6.42 Å². The molecule has 1 aliphatic heterocycles. The molecule has 3 heterocycles. The molecule has 28 heavy (non-hydrogen) atoms. The number of halogens is 2. The molecular formula is C18H18F2N6O2. The highest BCUT2D eigenvalue weighted by molar-refractivity contribution is 5.75. The molecule has 1 aromatic carbocycles. The third-order valence-electron chi connectivity index (χ3n) is 4.95. The molecule has 0 spiro atoms. The van der Waals surface area contributed by atoms with Crippen molar-refractivity contribution in [2.24, 2.45) is 14.1 Å². The average Bonchev–Trinajstić information content (AvgIpc) is 3.12. The van der Waals surface area contributed by atoms with Crippen LogP contribution in [0.3, 0.4) is 0 Å². The van der Waals surface area contributed by atoms with Crippen LogP contribution in [0.15, 0.2) is 34.0 Å². The van der Waals surface area contributed by atoms with Gasteiger partial charge in [-0.1, -0.05) is 0 Å². The molecule has 0 aliphatic carbocycles. The summed E-state index contributed by atoms with van der Waals surface area (Å²) in [6, 6.07) is 3.46. The Balaban J connectivity index is 1.54. The number of aromatic nitrogens is 4. The van der Waals surface area contributed by atoms with Crippen molar-refractivity contribution in [1.29, 1.82) is 0 Å². The fraction of sp³-hybridized carbons (Fsp3) is 0.333. The Morgan fingerprint density at radius 3 is 2.54 bits per heavy atom. The molecule has 4 rings (SSSR count). The first-order valence-corrected chi connectivity index (χ1v) is 8.74. The standard InChI is InChI=1S/C18H18F2N6O2/c1-24-16(7-17(27)25(2)18(24)28)26-4-3-10(9-26)22-15-8-21-13-5-11(19)12(20)6-14(13)23-15/h5-8,10H,3-4,9H2,1-2H3,(H,22,23)/t10-/m0/s1. The number of nitrogens with zero attached hydrogens (tertiary/aromatic N) is 5. The highest BCUT2D eigenvalue weighted by Gasteiger charge is 2.25. The van der Waals surface area contributed by atoms with Gasteiger partial charge in [0.2, 0.25) is 0 Å². The van der Waals surface area contributed by atoms with Gasteiger partial charge in [-0.2, -0.15) is 0 Å². The number of anilines is 2. The van der Waals surface area contributed by atoms with Gasteiger partial charge in [0.05, 0.1) is 17.2 Å². The lowest BCUT2D eigenvalue weighted by molar-refractivity contribution is 0.510. The second-order valence-corrected chi connectivity index (χ2v) is 6.83. The van der Waals surface area contributed by atoms with Crippen molar-refractivity contribution in [2.75, 3.05) is 23.3 Å². The lowest BCUT2D eigenvalue weighted by Gasteiger charge is -2.21. The summed E-state index contributed by atoms with van der Waals surface area (Å²) in [5.41, 5.74) is -0.210. The maximum absolute atomic E-state index is 13.4. The monoisotopic (exact) mass is 388 g/mol. The minimum atomic E-state index is -0.974. The lowest BCUT2D eigenvalue weighted by atomic mass is 10.2. The zero-order chi connectivity index (χ0) is 20.0. The molecule has 0 unspecified atom stereocenters. The summed E-state index contributed by atoms with van der Waals surface area (Å²) in [5.74, 6) is -0.936. The number of fused-ring (bicyclic) bond motifs is 1. The maximum Gasteiger partial charge on any atom is 0.332 e. The van der Waals surface area contributed by atoms with Crippen molar-refractivity contribution >= 4 is 22.7 Å². The molecule has 146 valence electrons. The maximum atomic E-state index is 13.4. The van der Waals surface area contributed by atoms with Crippen LogP contribution in [-0.2, 0) is 14.1 Å². The van der Waals surface area contributed by atoms with Crippen LogP contribution in [0, 0.1) is 11.6 Å². The summed E-state index contributed by atoms with van der Waals surface area (Å²) in [4.78, 5) is 34.4. The summed E-state index contributed by atoms with van der Waals surface area (Å²) >= 11 is 0. The van der Waals surface area contributed by atoms with E-state index in [0.29, 0.717) is 24.7 Å². The Morgan fingerprint density at radius 2 is 1.79 bits per heavy atom. The number of benzene rings is 1. The number of hydrogen-bond donors (Lipinski definition) is 1. The van der Waals surface area contributed by atoms with Crippen LogP contribution in [0.4, 0.5) is 20.4 Å². The first-order valence-electron chi connectivity index (χ1n) is 8.74. The molecule has 10 heteroatoms. The van der Waals surface area contributed by atoms with Crippen LogP contribution in [0.25, 0.3) is 11.0 Å². The predicted octanol–water partition coefficient (Wildman–Crippen LogP) is 0.996. The Hall–Kier alpha value is -3.30. The first kappa shape index (κ1) is 18.1. The third kappa shape index (κ3) is 3.10. The van der Waals surface area contributed by atoms with Crippen LogP contribution in [0.1, 0.15) is 6.42 Å². The van der Waals surface area contributed by atoms with Crippen LogP contribution in [-0.4, -0.2) is 38.2 Å². The zero-order valence-corrected chi connectivity index (χ0v) is 15.3. The van der Waals surface area contributed by atoms with E-state index in [4.69, 9.17) is 0 Å². The predicted molar refractivity (Wildman–Crippen MR) is 101 cm³/mol. The van der Waals surface area contributed by atoms with E-state index in [2.05, 4.69) is 15.3 Å². The summed E-state index contributed by atoms with van der Waals surface area (Å²) in [7, 11) is 3.07. The quantitative estimate of drug-likeness (QED) is 0.721. The minimum Gasteiger partial charge on any atom is -0.364 e. The Bertz CT molecular complexity index is 1190. The van der Waals surface area contributed by atoms with E-state index in [1.807, 2.05) is 4.90 Å². The Morgan fingerprint density at radius 1 is 1.07 bits per heavy atom. The molecule has 0 bridgehead atoms. The molecule has 0 radical (unpaired) electrons. The molecule has 1 N–H and O–H groups in total. The van der Waals surface area contributed by atoms with Gasteiger partial charge in [-0.25, -0.2) is 18.6 Å². The van der Waals surface area contributed by atoms with Gasteiger partial charge >= 0.3 is 5.69 Å². The molecule has 1 saturated heterocycles. The molecule has 2 aromatic heterocycles. The van der Waals surface area contributed by atoms with Gasteiger partial charge in [-0.15, -0.1) is 0 Å². The van der Waals surface area contributed by atoms with E-state index in [1.165, 1.54) is 23.9 Å². The summed E-state index contributed by atoms with van der Waals surface area (Å²) in [5, 5.41) is 3.22. The van der Waals surface area contributed by atoms with Crippen molar-refractivity contribution in [3.05, 3.63) is 56.9 Å². The van der Waals surface area contributed by atoms with E-state index in [-0.39, 0.29) is 28.3 Å². The highest BCUT2D eigenvalue weighted by Crippen LogP contribution is 2.21. The largest absolute Gasteiger partial charge is 0.364 e. The van der Waals surface area contributed by atoms with Crippen molar-refractivity contribution in [3.63, 3.8) is 0 Å². The van der Waals surface area contributed by atoms with Crippen molar-refractivity contribution < 1.29 is 8.78 Å². The van der Waals surface area contributed by atoms with Crippen molar-refractivity contribution in [2.45, 2.75) is 12.5 Å². The van der Waals surface area contributed by atoms with Gasteiger partial charge in [0, 0.05) is 51.4 Å². The van der Waals surface area contributed by atoms with Crippen LogP contribution in [0.2, 0.25) is 0 Å². The first-order chi connectivity index (χ1) is 13.3. The smallest absolute Gasteiger partial charge is 0.332 e. The van der Waals surface area contributed by atoms with E-state index in [9.17, 15) is 18.4 Å². The van der Waals surface area contributed by atoms with Crippen LogP contribution in [0.5, 0.6) is 0 Å². The molecule has 0 amide bonds. The van der Waals surface area contributed by atoms with Gasteiger partial charge in [-0.3, -0.25) is 18.9 Å². The van der Waals surface area contributed by atoms with Crippen molar-refractivity contribution in [3.8, 4) is 0 Å². The lowest BCUT2D eigenvalue weighted by Crippen LogP contribution is -2.40. The van der Waals surface area contributed by atoms with E-state index in [1.54, 1.807) is 7.05 Å². The molecule has 3 aromatic rings. The van der Waals surface area contributed by atoms with Crippen LogP contribution < -0.4 is 21.5 Å². The van der Waals surface area contributed by atoms with Crippen molar-refractivity contribution in [1.82, 2.24) is 19.1 Å². The number of nitrogens with one attached hydrogen (secondary N) is 1. The number of hydrogen-bond acceptors (Lipinski definition) is 6. The molecule has 1 atom stereocenters. The van der Waals surface area contributed by atoms with E-state index < -0.39 is 11.6 Å². The fourth-order valence-corrected chi connectivity index (χ4v) is 3.40. The average molecular weight is 388 g/mol. The second kappa shape index (κ2) is 6.70. The van der Waals surface area contributed by atoms with E-state index in [0.717, 1.165) is 23.1 Å². The van der Waals surface area contributed by atoms with Gasteiger partial charge < -0.3 is 10.2 Å².